The van der Waals surface area contributed by atoms with Crippen LogP contribution >= 0.6 is 0 Å². The quantitative estimate of drug-likeness (QED) is 0.155. The van der Waals surface area contributed by atoms with Gasteiger partial charge in [-0.25, -0.2) is 0 Å². The summed E-state index contributed by atoms with van der Waals surface area (Å²) < 4.78 is 5.83. The summed E-state index contributed by atoms with van der Waals surface area (Å²) in [5.41, 5.74) is 1.96. The smallest absolute Gasteiger partial charge is 0.305 e. The summed E-state index contributed by atoms with van der Waals surface area (Å²) >= 11 is 0. The van der Waals surface area contributed by atoms with Gasteiger partial charge in [0.15, 0.2) is 0 Å². The average Bonchev–Trinajstić information content (AvgIpc) is 2.70. The zero-order valence-electron chi connectivity index (χ0n) is 21.4. The normalized spacial score (nSPS) is 27.7. The molecule has 0 N–H and O–H groups in total. The third-order valence-corrected chi connectivity index (χ3v) is 8.71. The highest BCUT2D eigenvalue weighted by Gasteiger charge is 2.53. The molecule has 0 spiro atoms. The van der Waals surface area contributed by atoms with Gasteiger partial charge in [-0.1, -0.05) is 110 Å². The highest BCUT2D eigenvalue weighted by molar-refractivity contribution is 5.69. The molecule has 31 heavy (non-hydrogen) atoms. The van der Waals surface area contributed by atoms with Gasteiger partial charge in [0.25, 0.3) is 0 Å². The summed E-state index contributed by atoms with van der Waals surface area (Å²) in [6.07, 6.45) is 21.2. The molecule has 0 saturated heterocycles. The van der Waals surface area contributed by atoms with Crippen molar-refractivity contribution in [2.45, 2.75) is 137 Å². The standard InChI is InChI=1S/C29H52O2/c1-6-7-8-9-10-11-12-13-14-15-16-18-27(30)31-23-25-24(2)19-20-26-28(3,4)21-17-22-29(25,26)5/h25-26H,2,6-23H2,1,3-5H3/t25-,26-,29+/m0/s1. The van der Waals surface area contributed by atoms with Gasteiger partial charge in [0.2, 0.25) is 0 Å². The number of hydrogen-bond donors (Lipinski definition) is 0. The summed E-state index contributed by atoms with van der Waals surface area (Å²) in [6, 6.07) is 0. The maximum atomic E-state index is 12.4. The van der Waals surface area contributed by atoms with Crippen LogP contribution in [0.3, 0.4) is 0 Å². The summed E-state index contributed by atoms with van der Waals surface area (Å²) in [7, 11) is 0. The van der Waals surface area contributed by atoms with Gasteiger partial charge < -0.3 is 4.74 Å². The topological polar surface area (TPSA) is 26.3 Å². The minimum absolute atomic E-state index is 0.00418. The Bertz CT molecular complexity index is 549. The number of rotatable bonds is 14. The first kappa shape index (κ1) is 26.5. The highest BCUT2D eigenvalue weighted by Crippen LogP contribution is 2.60. The Hall–Kier alpha value is -0.790. The number of unbranched alkanes of at least 4 members (excludes halogenated alkanes) is 10. The minimum Gasteiger partial charge on any atom is -0.465 e. The predicted molar refractivity (Wildman–Crippen MR) is 133 cm³/mol. The van der Waals surface area contributed by atoms with Crippen LogP contribution < -0.4 is 0 Å². The molecule has 2 fully saturated rings. The maximum Gasteiger partial charge on any atom is 0.305 e. The van der Waals surface area contributed by atoms with E-state index in [2.05, 4.69) is 34.3 Å². The molecule has 0 amide bonds. The SMILES string of the molecule is C=C1CC[C@H]2C(C)(C)CCC[C@]2(C)[C@H]1COC(=O)CCCCCCCCCCCCC. The molecule has 0 aromatic rings. The maximum absolute atomic E-state index is 12.4. The molecule has 2 aliphatic rings. The van der Waals surface area contributed by atoms with Crippen LogP contribution in [0.5, 0.6) is 0 Å². The van der Waals surface area contributed by atoms with Gasteiger partial charge in [-0.05, 0) is 48.9 Å². The predicted octanol–water partition coefficient (Wildman–Crippen LogP) is 9.03. The zero-order valence-corrected chi connectivity index (χ0v) is 21.4. The third-order valence-electron chi connectivity index (χ3n) is 8.71. The average molecular weight is 433 g/mol. The van der Waals surface area contributed by atoms with Crippen LogP contribution in [0.15, 0.2) is 12.2 Å². The van der Waals surface area contributed by atoms with Crippen molar-refractivity contribution in [3.63, 3.8) is 0 Å². The molecule has 0 radical (unpaired) electrons. The van der Waals surface area contributed by atoms with Crippen LogP contribution in [0, 0.1) is 22.7 Å². The molecular formula is C29H52O2. The Morgan fingerprint density at radius 3 is 2.13 bits per heavy atom. The van der Waals surface area contributed by atoms with E-state index in [0.29, 0.717) is 24.4 Å². The van der Waals surface area contributed by atoms with Gasteiger partial charge in [0.1, 0.15) is 0 Å². The molecule has 2 nitrogen and oxygen atoms in total. The minimum atomic E-state index is 0.00418. The van der Waals surface area contributed by atoms with Crippen molar-refractivity contribution in [2.75, 3.05) is 6.61 Å². The van der Waals surface area contributed by atoms with Gasteiger partial charge >= 0.3 is 5.97 Å². The van der Waals surface area contributed by atoms with Crippen molar-refractivity contribution >= 4 is 5.97 Å². The lowest BCUT2D eigenvalue weighted by atomic mass is 9.48. The number of carbonyl (C=O) groups is 1. The van der Waals surface area contributed by atoms with E-state index in [0.717, 1.165) is 25.2 Å². The summed E-state index contributed by atoms with van der Waals surface area (Å²) in [5.74, 6) is 1.06. The summed E-state index contributed by atoms with van der Waals surface area (Å²) in [6.45, 7) is 14.6. The molecule has 0 heterocycles. The van der Waals surface area contributed by atoms with Gasteiger partial charge in [-0.15, -0.1) is 0 Å². The fourth-order valence-corrected chi connectivity index (χ4v) is 6.76. The van der Waals surface area contributed by atoms with Crippen LogP contribution in [-0.2, 0) is 9.53 Å². The van der Waals surface area contributed by atoms with E-state index in [4.69, 9.17) is 4.74 Å². The Morgan fingerprint density at radius 1 is 0.935 bits per heavy atom. The molecule has 0 aromatic heterocycles. The second-order valence-corrected chi connectivity index (χ2v) is 11.6. The molecule has 2 rings (SSSR count). The summed E-state index contributed by atoms with van der Waals surface area (Å²) in [4.78, 5) is 12.4. The van der Waals surface area contributed by atoms with Crippen LogP contribution in [0.1, 0.15) is 137 Å². The van der Waals surface area contributed by atoms with Crippen molar-refractivity contribution < 1.29 is 9.53 Å². The van der Waals surface area contributed by atoms with E-state index in [1.165, 1.54) is 89.0 Å². The fraction of sp³-hybridized carbons (Fsp3) is 0.897. The molecule has 180 valence electrons. The highest BCUT2D eigenvalue weighted by atomic mass is 16.5. The molecule has 2 saturated carbocycles. The van der Waals surface area contributed by atoms with Crippen LogP contribution in [0.25, 0.3) is 0 Å². The Morgan fingerprint density at radius 2 is 1.52 bits per heavy atom. The van der Waals surface area contributed by atoms with E-state index in [9.17, 15) is 4.79 Å². The third kappa shape index (κ3) is 7.93. The van der Waals surface area contributed by atoms with Crippen molar-refractivity contribution in [3.8, 4) is 0 Å². The lowest BCUT2D eigenvalue weighted by Gasteiger charge is -2.57. The van der Waals surface area contributed by atoms with Gasteiger partial charge in [0.05, 0.1) is 6.61 Å². The van der Waals surface area contributed by atoms with Crippen molar-refractivity contribution in [3.05, 3.63) is 12.2 Å². The van der Waals surface area contributed by atoms with E-state index < -0.39 is 0 Å². The summed E-state index contributed by atoms with van der Waals surface area (Å²) in [5, 5.41) is 0. The molecular weight excluding hydrogens is 380 g/mol. The largest absolute Gasteiger partial charge is 0.465 e. The number of carbonyl (C=O) groups excluding carboxylic acids is 1. The fourth-order valence-electron chi connectivity index (χ4n) is 6.76. The molecule has 2 heteroatoms. The van der Waals surface area contributed by atoms with Crippen molar-refractivity contribution in [2.24, 2.45) is 22.7 Å². The molecule has 0 bridgehead atoms. The van der Waals surface area contributed by atoms with Crippen LogP contribution in [0.4, 0.5) is 0 Å². The van der Waals surface area contributed by atoms with Crippen molar-refractivity contribution in [1.82, 2.24) is 0 Å². The number of ether oxygens (including phenoxy) is 1. The Kier molecular flexibility index (Phi) is 11.1. The number of hydrogen-bond acceptors (Lipinski definition) is 2. The molecule has 3 atom stereocenters. The zero-order chi connectivity index (χ0) is 22.7. The Labute approximate surface area is 194 Å². The van der Waals surface area contributed by atoms with Crippen LogP contribution in [0.2, 0.25) is 0 Å². The second kappa shape index (κ2) is 13.0. The van der Waals surface area contributed by atoms with Crippen molar-refractivity contribution in [1.29, 1.82) is 0 Å². The molecule has 0 unspecified atom stereocenters. The monoisotopic (exact) mass is 432 g/mol. The first-order valence-corrected chi connectivity index (χ1v) is 13.6. The van der Waals surface area contributed by atoms with E-state index in [1.54, 1.807) is 0 Å². The lowest BCUT2D eigenvalue weighted by molar-refractivity contribution is -0.149. The first-order valence-electron chi connectivity index (χ1n) is 13.6. The van der Waals surface area contributed by atoms with Gasteiger partial charge in [0, 0.05) is 12.3 Å². The molecule has 2 aliphatic carbocycles. The first-order chi connectivity index (χ1) is 14.8. The number of esters is 1. The molecule has 0 aliphatic heterocycles. The van der Waals surface area contributed by atoms with E-state index in [-0.39, 0.29) is 11.4 Å². The van der Waals surface area contributed by atoms with Gasteiger partial charge in [-0.2, -0.15) is 0 Å². The second-order valence-electron chi connectivity index (χ2n) is 11.6. The van der Waals surface area contributed by atoms with E-state index in [1.807, 2.05) is 0 Å². The Balaban J connectivity index is 1.61. The van der Waals surface area contributed by atoms with Crippen LogP contribution in [-0.4, -0.2) is 12.6 Å². The van der Waals surface area contributed by atoms with Gasteiger partial charge in [-0.3, -0.25) is 4.79 Å². The lowest BCUT2D eigenvalue weighted by Crippen LogP contribution is -2.50. The number of fused-ring (bicyclic) bond motifs is 1. The van der Waals surface area contributed by atoms with E-state index >= 15 is 0 Å². The molecule has 0 aromatic carbocycles.